The first-order chi connectivity index (χ1) is 15.6. The number of halogens is 4. The number of nitrogens with zero attached hydrogens (tertiary/aromatic N) is 4. The zero-order valence-corrected chi connectivity index (χ0v) is 18.3. The van der Waals surface area contributed by atoms with E-state index in [0.29, 0.717) is 5.82 Å². The van der Waals surface area contributed by atoms with Gasteiger partial charge in [0.05, 0.1) is 17.8 Å². The van der Waals surface area contributed by atoms with Crippen molar-refractivity contribution in [2.75, 3.05) is 29.0 Å². The third-order valence-corrected chi connectivity index (χ3v) is 6.37. The fourth-order valence-corrected chi connectivity index (χ4v) is 4.56. The van der Waals surface area contributed by atoms with E-state index >= 15 is 0 Å². The van der Waals surface area contributed by atoms with Gasteiger partial charge in [-0.2, -0.15) is 5.10 Å². The van der Waals surface area contributed by atoms with Crippen LogP contribution in [0.2, 0.25) is 0 Å². The summed E-state index contributed by atoms with van der Waals surface area (Å²) in [7, 11) is 1.62. The van der Waals surface area contributed by atoms with Gasteiger partial charge >= 0.3 is 0 Å². The van der Waals surface area contributed by atoms with Crippen molar-refractivity contribution in [3.63, 3.8) is 0 Å². The van der Waals surface area contributed by atoms with Crippen molar-refractivity contribution in [2.24, 2.45) is 12.8 Å². The van der Waals surface area contributed by atoms with Gasteiger partial charge in [-0.1, -0.05) is 17.4 Å². The van der Waals surface area contributed by atoms with E-state index in [1.54, 1.807) is 11.9 Å². The largest absolute Gasteiger partial charge is 0.389 e. The van der Waals surface area contributed by atoms with Gasteiger partial charge < -0.3 is 21.7 Å². The fraction of sp³-hybridized carbons (Fsp3) is 0.350. The monoisotopic (exact) mass is 483 g/mol. The highest BCUT2D eigenvalue weighted by Gasteiger charge is 2.40. The van der Waals surface area contributed by atoms with Crippen molar-refractivity contribution in [3.8, 4) is 10.6 Å². The van der Waals surface area contributed by atoms with E-state index in [0.717, 1.165) is 23.5 Å². The van der Waals surface area contributed by atoms with E-state index in [1.807, 2.05) is 0 Å². The number of alkyl halides is 2. The molecular formula is C20H21F4N7OS. The summed E-state index contributed by atoms with van der Waals surface area (Å²) in [6, 6.07) is 2.11. The number of thiazole rings is 1. The Balaban J connectivity index is 1.59. The first-order valence-electron chi connectivity index (χ1n) is 10.0. The van der Waals surface area contributed by atoms with Gasteiger partial charge in [-0.3, -0.25) is 9.48 Å². The lowest BCUT2D eigenvalue weighted by molar-refractivity contribution is -0.0274. The summed E-state index contributed by atoms with van der Waals surface area (Å²) in [5, 5.41) is 6.63. The second-order valence-electron chi connectivity index (χ2n) is 7.68. The number of aromatic nitrogens is 3. The Labute approximate surface area is 190 Å². The molecule has 1 aliphatic heterocycles. The number of carbonyl (C=O) groups excluding carboxylic acids is 1. The first kappa shape index (κ1) is 23.0. The zero-order valence-electron chi connectivity index (χ0n) is 17.5. The molecule has 1 aliphatic rings. The number of hydrogen-bond donors (Lipinski definition) is 3. The number of nitrogens with one attached hydrogen (secondary N) is 1. The highest BCUT2D eigenvalue weighted by Crippen LogP contribution is 2.35. The normalized spacial score (nSPS) is 18.2. The number of anilines is 3. The van der Waals surface area contributed by atoms with Gasteiger partial charge in [0.15, 0.2) is 11.5 Å². The quantitative estimate of drug-likeness (QED) is 0.491. The molecule has 4 rings (SSSR count). The highest BCUT2D eigenvalue weighted by molar-refractivity contribution is 7.19. The smallest absolute Gasteiger partial charge is 0.277 e. The molecule has 1 saturated heterocycles. The molecule has 176 valence electrons. The van der Waals surface area contributed by atoms with Crippen molar-refractivity contribution in [1.29, 1.82) is 0 Å². The molecule has 0 radical (unpaired) electrons. The molecule has 0 unspecified atom stereocenters. The number of hydrogen-bond acceptors (Lipinski definition) is 7. The van der Waals surface area contributed by atoms with Crippen LogP contribution in [-0.4, -0.2) is 45.7 Å². The third kappa shape index (κ3) is 4.37. The van der Waals surface area contributed by atoms with Crippen LogP contribution in [0.15, 0.2) is 24.4 Å². The van der Waals surface area contributed by atoms with Crippen LogP contribution in [-0.2, 0) is 7.05 Å². The van der Waals surface area contributed by atoms with Crippen molar-refractivity contribution in [3.05, 3.63) is 41.7 Å². The number of nitrogen functional groups attached to an aromatic ring is 1. The third-order valence-electron chi connectivity index (χ3n) is 5.47. The minimum absolute atomic E-state index is 0.0126. The molecule has 3 aromatic rings. The van der Waals surface area contributed by atoms with Crippen LogP contribution in [0.25, 0.3) is 10.6 Å². The maximum atomic E-state index is 14.1. The average Bonchev–Trinajstić information content (AvgIpc) is 3.26. The van der Waals surface area contributed by atoms with Crippen molar-refractivity contribution in [2.45, 2.75) is 24.8 Å². The molecule has 33 heavy (non-hydrogen) atoms. The van der Waals surface area contributed by atoms with E-state index < -0.39 is 35.9 Å². The Morgan fingerprint density at radius 2 is 1.97 bits per heavy atom. The minimum Gasteiger partial charge on any atom is -0.389 e. The van der Waals surface area contributed by atoms with Gasteiger partial charge in [0.1, 0.15) is 27.3 Å². The number of carbonyl (C=O) groups is 1. The Morgan fingerprint density at radius 3 is 2.67 bits per heavy atom. The lowest BCUT2D eigenvalue weighted by Gasteiger charge is -2.24. The summed E-state index contributed by atoms with van der Waals surface area (Å²) in [5.74, 6) is -4.97. The van der Waals surface area contributed by atoms with Crippen LogP contribution in [0.5, 0.6) is 0 Å². The first-order valence-corrected chi connectivity index (χ1v) is 10.8. The van der Waals surface area contributed by atoms with E-state index in [4.69, 9.17) is 11.5 Å². The molecule has 1 aromatic carbocycles. The number of aryl methyl sites for hydroxylation is 1. The van der Waals surface area contributed by atoms with Gasteiger partial charge in [0.2, 0.25) is 0 Å². The van der Waals surface area contributed by atoms with Crippen LogP contribution in [0.4, 0.5) is 34.1 Å². The van der Waals surface area contributed by atoms with Crippen LogP contribution in [0.3, 0.4) is 0 Å². The fourth-order valence-electron chi connectivity index (χ4n) is 3.68. The molecule has 2 aromatic heterocycles. The molecule has 13 heteroatoms. The molecule has 1 fully saturated rings. The van der Waals surface area contributed by atoms with Crippen LogP contribution in [0.1, 0.15) is 23.3 Å². The van der Waals surface area contributed by atoms with Gasteiger partial charge in [-0.15, -0.1) is 0 Å². The molecule has 5 N–H and O–H groups in total. The topological polar surface area (TPSA) is 115 Å². The summed E-state index contributed by atoms with van der Waals surface area (Å²) in [5.41, 5.74) is 11.2. The lowest BCUT2D eigenvalue weighted by atomic mass is 10.1. The highest BCUT2D eigenvalue weighted by atomic mass is 32.1. The SMILES string of the molecule is Cn1ncc(NC(=O)c2nc(-c3c(F)cccc3F)sc2N)c1N1CC[C@@H](N)C(F)(F)CC1. The second kappa shape index (κ2) is 8.63. The zero-order chi connectivity index (χ0) is 23.9. The molecular weight excluding hydrogens is 462 g/mol. The second-order valence-corrected chi connectivity index (χ2v) is 8.71. The van der Waals surface area contributed by atoms with E-state index in [1.165, 1.54) is 16.9 Å². The standard InChI is InChI=1S/C20H21F4N7OS/c1-30-19(31-7-5-13(25)20(23,24)6-8-31)12(9-27-30)28-17(32)15-16(26)33-18(29-15)14-10(21)3-2-4-11(14)22/h2-4,9,13H,5-8,25-26H2,1H3,(H,28,32)/t13-/m1/s1. The molecule has 8 nitrogen and oxygen atoms in total. The van der Waals surface area contributed by atoms with Crippen LogP contribution in [0, 0.1) is 11.6 Å². The summed E-state index contributed by atoms with van der Waals surface area (Å²) in [4.78, 5) is 18.6. The Hall–Kier alpha value is -3.19. The molecule has 0 spiro atoms. The number of rotatable bonds is 4. The number of benzene rings is 1. The molecule has 1 amide bonds. The predicted octanol–water partition coefficient (Wildman–Crippen LogP) is 3.22. The Kier molecular flexibility index (Phi) is 6.01. The van der Waals surface area contributed by atoms with Gasteiger partial charge in [-0.05, 0) is 18.6 Å². The summed E-state index contributed by atoms with van der Waals surface area (Å²) in [6.45, 7) is 0.257. The van der Waals surface area contributed by atoms with Crippen LogP contribution >= 0.6 is 11.3 Å². The average molecular weight is 483 g/mol. The maximum absolute atomic E-state index is 14.1. The summed E-state index contributed by atoms with van der Waals surface area (Å²) < 4.78 is 57.7. The van der Waals surface area contributed by atoms with Gasteiger partial charge in [0.25, 0.3) is 11.8 Å². The van der Waals surface area contributed by atoms with Crippen molar-refractivity contribution in [1.82, 2.24) is 14.8 Å². The molecule has 3 heterocycles. The lowest BCUT2D eigenvalue weighted by Crippen LogP contribution is -2.40. The predicted molar refractivity (Wildman–Crippen MR) is 117 cm³/mol. The maximum Gasteiger partial charge on any atom is 0.277 e. The molecule has 1 atom stereocenters. The molecule has 0 bridgehead atoms. The minimum atomic E-state index is -3.00. The van der Waals surface area contributed by atoms with E-state index in [-0.39, 0.29) is 46.5 Å². The van der Waals surface area contributed by atoms with Crippen molar-refractivity contribution >= 4 is 33.8 Å². The summed E-state index contributed by atoms with van der Waals surface area (Å²) in [6.07, 6.45) is 0.988. The molecule has 0 saturated carbocycles. The Bertz CT molecular complexity index is 1180. The number of nitrogens with two attached hydrogens (primary N) is 2. The van der Waals surface area contributed by atoms with Crippen LogP contribution < -0.4 is 21.7 Å². The Morgan fingerprint density at radius 1 is 1.27 bits per heavy atom. The van der Waals surface area contributed by atoms with Crippen molar-refractivity contribution < 1.29 is 22.4 Å². The van der Waals surface area contributed by atoms with Gasteiger partial charge in [0, 0.05) is 26.6 Å². The van der Waals surface area contributed by atoms with Gasteiger partial charge in [-0.25, -0.2) is 22.5 Å². The molecule has 0 aliphatic carbocycles. The van der Waals surface area contributed by atoms with E-state index in [9.17, 15) is 22.4 Å². The summed E-state index contributed by atoms with van der Waals surface area (Å²) >= 11 is 0.772. The van der Waals surface area contributed by atoms with E-state index in [2.05, 4.69) is 15.4 Å². The number of amides is 1.